The van der Waals surface area contributed by atoms with E-state index in [1.807, 2.05) is 0 Å². The molecule has 1 saturated heterocycles. The second kappa shape index (κ2) is 3.62. The van der Waals surface area contributed by atoms with Gasteiger partial charge in [-0.15, -0.1) is 0 Å². The van der Waals surface area contributed by atoms with Crippen LogP contribution >= 0.6 is 23.2 Å². The van der Waals surface area contributed by atoms with Gasteiger partial charge in [0.2, 0.25) is 0 Å². The minimum Gasteiger partial charge on any atom is -0.387 e. The van der Waals surface area contributed by atoms with Gasteiger partial charge in [0, 0.05) is 25.1 Å². The zero-order valence-electron chi connectivity index (χ0n) is 7.30. The molecule has 0 saturated carbocycles. The van der Waals surface area contributed by atoms with Crippen LogP contribution in [0.3, 0.4) is 0 Å². The molecule has 1 aliphatic rings. The average molecular weight is 234 g/mol. The van der Waals surface area contributed by atoms with Crippen molar-refractivity contribution in [1.29, 1.82) is 0 Å². The Morgan fingerprint density at radius 3 is 2.36 bits per heavy atom. The number of β-amino-alcohol motifs (C(OH)–C–C–N with tert-alkyl or cyclic N) is 1. The summed E-state index contributed by atoms with van der Waals surface area (Å²) in [6.07, 6.45) is 1.69. The number of nitrogens with one attached hydrogen (secondary N) is 1. The lowest BCUT2D eigenvalue weighted by Gasteiger charge is -2.37. The molecule has 1 fully saturated rings. The first-order valence-electron chi connectivity index (χ1n) is 4.19. The van der Waals surface area contributed by atoms with E-state index in [4.69, 9.17) is 23.2 Å². The zero-order chi connectivity index (χ0) is 10.2. The summed E-state index contributed by atoms with van der Waals surface area (Å²) in [7, 11) is 0. The molecule has 4 nitrogen and oxygen atoms in total. The van der Waals surface area contributed by atoms with Crippen LogP contribution in [-0.2, 0) is 6.42 Å². The van der Waals surface area contributed by atoms with Gasteiger partial charge in [-0.25, -0.2) is 9.97 Å². The molecule has 76 valence electrons. The third-order valence-corrected chi connectivity index (χ3v) is 2.91. The minimum absolute atomic E-state index is 0.310. The van der Waals surface area contributed by atoms with Gasteiger partial charge in [0.15, 0.2) is 0 Å². The number of hydrogen-bond acceptors (Lipinski definition) is 4. The minimum atomic E-state index is -0.752. The van der Waals surface area contributed by atoms with Crippen molar-refractivity contribution in [1.82, 2.24) is 15.3 Å². The summed E-state index contributed by atoms with van der Waals surface area (Å²) < 4.78 is 0. The molecule has 2 rings (SSSR count). The van der Waals surface area contributed by atoms with Crippen LogP contribution in [-0.4, -0.2) is 33.8 Å². The van der Waals surface area contributed by atoms with Crippen LogP contribution in [0.25, 0.3) is 0 Å². The highest BCUT2D eigenvalue weighted by atomic mass is 35.5. The van der Waals surface area contributed by atoms with E-state index < -0.39 is 5.60 Å². The van der Waals surface area contributed by atoms with Crippen LogP contribution in [0.5, 0.6) is 0 Å². The van der Waals surface area contributed by atoms with Crippen molar-refractivity contribution in [3.05, 3.63) is 22.2 Å². The first-order valence-corrected chi connectivity index (χ1v) is 4.94. The fourth-order valence-electron chi connectivity index (χ4n) is 1.38. The number of aromatic nitrogens is 2. The molecule has 2 heterocycles. The van der Waals surface area contributed by atoms with Crippen molar-refractivity contribution in [2.75, 3.05) is 13.1 Å². The summed E-state index contributed by atoms with van der Waals surface area (Å²) in [5, 5.41) is 13.5. The Labute approximate surface area is 91.3 Å². The molecule has 0 unspecified atom stereocenters. The van der Waals surface area contributed by atoms with E-state index in [1.165, 1.54) is 6.33 Å². The predicted molar refractivity (Wildman–Crippen MR) is 53.6 cm³/mol. The largest absolute Gasteiger partial charge is 0.387 e. The van der Waals surface area contributed by atoms with Crippen molar-refractivity contribution in [2.45, 2.75) is 12.0 Å². The summed E-state index contributed by atoms with van der Waals surface area (Å²) in [6.45, 7) is 1.10. The van der Waals surface area contributed by atoms with Gasteiger partial charge < -0.3 is 10.4 Å². The van der Waals surface area contributed by atoms with Crippen LogP contribution in [0, 0.1) is 0 Å². The maximum atomic E-state index is 9.88. The summed E-state index contributed by atoms with van der Waals surface area (Å²) in [4.78, 5) is 7.64. The molecule has 0 radical (unpaired) electrons. The van der Waals surface area contributed by atoms with Crippen molar-refractivity contribution in [2.24, 2.45) is 0 Å². The van der Waals surface area contributed by atoms with Crippen molar-refractivity contribution in [3.8, 4) is 0 Å². The molecular weight excluding hydrogens is 225 g/mol. The molecule has 2 N–H and O–H groups in total. The molecule has 1 aromatic heterocycles. The Kier molecular flexibility index (Phi) is 2.62. The number of nitrogens with zero attached hydrogens (tertiary/aromatic N) is 2. The fourth-order valence-corrected chi connectivity index (χ4v) is 1.83. The molecule has 0 bridgehead atoms. The number of aliphatic hydroxyl groups is 1. The number of hydrogen-bond donors (Lipinski definition) is 2. The van der Waals surface area contributed by atoms with Crippen LogP contribution < -0.4 is 5.32 Å². The van der Waals surface area contributed by atoms with Crippen LogP contribution in [0.1, 0.15) is 5.56 Å². The zero-order valence-corrected chi connectivity index (χ0v) is 8.81. The van der Waals surface area contributed by atoms with Crippen molar-refractivity contribution < 1.29 is 5.11 Å². The van der Waals surface area contributed by atoms with Gasteiger partial charge in [0.25, 0.3) is 0 Å². The van der Waals surface area contributed by atoms with Gasteiger partial charge in [-0.05, 0) is 0 Å². The molecule has 0 atom stereocenters. The topological polar surface area (TPSA) is 58.0 Å². The maximum Gasteiger partial charge on any atom is 0.137 e. The van der Waals surface area contributed by atoms with Crippen molar-refractivity contribution >= 4 is 23.2 Å². The molecule has 0 aromatic carbocycles. The van der Waals surface area contributed by atoms with E-state index in [2.05, 4.69) is 15.3 Å². The van der Waals surface area contributed by atoms with Gasteiger partial charge >= 0.3 is 0 Å². The van der Waals surface area contributed by atoms with E-state index in [-0.39, 0.29) is 0 Å². The van der Waals surface area contributed by atoms with Crippen molar-refractivity contribution in [3.63, 3.8) is 0 Å². The van der Waals surface area contributed by atoms with E-state index in [1.54, 1.807) is 0 Å². The van der Waals surface area contributed by atoms with E-state index in [9.17, 15) is 5.11 Å². The van der Waals surface area contributed by atoms with Gasteiger partial charge in [0.1, 0.15) is 16.6 Å². The first kappa shape index (κ1) is 10.1. The second-order valence-corrected chi connectivity index (χ2v) is 4.15. The summed E-state index contributed by atoms with van der Waals surface area (Å²) in [5.74, 6) is 0. The quantitative estimate of drug-likeness (QED) is 0.738. The molecular formula is C8H9Cl2N3O. The van der Waals surface area contributed by atoms with E-state index in [0.717, 1.165) is 0 Å². The Hall–Kier alpha value is -0.420. The smallest absolute Gasteiger partial charge is 0.137 e. The normalized spacial score (nSPS) is 19.1. The molecule has 0 spiro atoms. The molecule has 0 amide bonds. The molecule has 1 aromatic rings. The highest BCUT2D eigenvalue weighted by molar-refractivity contribution is 6.34. The van der Waals surface area contributed by atoms with Gasteiger partial charge in [0.05, 0.1) is 5.60 Å². The Balaban J connectivity index is 2.23. The van der Waals surface area contributed by atoms with Crippen LogP contribution in [0.2, 0.25) is 10.3 Å². The third kappa shape index (κ3) is 1.83. The second-order valence-electron chi connectivity index (χ2n) is 3.44. The predicted octanol–water partition coefficient (Wildman–Crippen LogP) is 0.660. The van der Waals surface area contributed by atoms with Gasteiger partial charge in [-0.3, -0.25) is 0 Å². The average Bonchev–Trinajstić information content (AvgIpc) is 2.09. The first-order chi connectivity index (χ1) is 6.61. The third-order valence-electron chi connectivity index (χ3n) is 2.25. The Bertz CT molecular complexity index is 334. The monoisotopic (exact) mass is 233 g/mol. The van der Waals surface area contributed by atoms with Gasteiger partial charge in [-0.1, -0.05) is 23.2 Å². The maximum absolute atomic E-state index is 9.88. The molecule has 6 heteroatoms. The molecule has 14 heavy (non-hydrogen) atoms. The van der Waals surface area contributed by atoms with E-state index in [0.29, 0.717) is 35.4 Å². The van der Waals surface area contributed by atoms with E-state index >= 15 is 0 Å². The Morgan fingerprint density at radius 1 is 1.36 bits per heavy atom. The number of halogens is 2. The SMILES string of the molecule is OC1(Cc2c(Cl)ncnc2Cl)CNC1. The fraction of sp³-hybridized carbons (Fsp3) is 0.500. The lowest BCUT2D eigenvalue weighted by atomic mass is 9.90. The molecule has 0 aliphatic carbocycles. The van der Waals surface area contributed by atoms with Crippen LogP contribution in [0.4, 0.5) is 0 Å². The summed E-state index contributed by atoms with van der Waals surface area (Å²) in [6, 6.07) is 0. The van der Waals surface area contributed by atoms with Crippen LogP contribution in [0.15, 0.2) is 6.33 Å². The summed E-state index contributed by atoms with van der Waals surface area (Å²) >= 11 is 11.7. The number of rotatable bonds is 2. The molecule has 1 aliphatic heterocycles. The Morgan fingerprint density at radius 2 is 1.93 bits per heavy atom. The summed E-state index contributed by atoms with van der Waals surface area (Å²) in [5.41, 5.74) is -0.141. The highest BCUT2D eigenvalue weighted by Gasteiger charge is 2.35. The lowest BCUT2D eigenvalue weighted by Crippen LogP contribution is -2.60. The standard InChI is InChI=1S/C8H9Cl2N3O/c9-6-5(7(10)13-4-12-6)1-8(14)2-11-3-8/h4,11,14H,1-3H2. The van der Waals surface area contributed by atoms with Gasteiger partial charge in [-0.2, -0.15) is 0 Å². The lowest BCUT2D eigenvalue weighted by molar-refractivity contribution is -0.00911. The highest BCUT2D eigenvalue weighted by Crippen LogP contribution is 2.26.